The Morgan fingerprint density at radius 3 is 2.60 bits per heavy atom. The van der Waals surface area contributed by atoms with E-state index in [2.05, 4.69) is 18.1 Å². The first-order valence-electron chi connectivity index (χ1n) is 5.02. The summed E-state index contributed by atoms with van der Waals surface area (Å²) in [6.45, 7) is 2.13. The Morgan fingerprint density at radius 1 is 1.40 bits per heavy atom. The molecule has 1 aliphatic carbocycles. The molecule has 0 aliphatic heterocycles. The van der Waals surface area contributed by atoms with Crippen LogP contribution in [0.4, 0.5) is 0 Å². The third-order valence-corrected chi connectivity index (χ3v) is 2.54. The Bertz CT molecular complexity index is 395. The standard InChI is InChI=1S/C12H14N2O/c1-9-7-8-11(9)12(14-13)15-10-5-3-2-4-6-10/h2-6,8-9H,7,13H2,1H3/b14-12+/t9-/m1/s1. The van der Waals surface area contributed by atoms with Crippen molar-refractivity contribution in [3.8, 4) is 5.75 Å². The molecular weight excluding hydrogens is 188 g/mol. The topological polar surface area (TPSA) is 47.6 Å². The lowest BCUT2D eigenvalue weighted by atomic mass is 9.86. The third kappa shape index (κ3) is 2.01. The zero-order valence-corrected chi connectivity index (χ0v) is 8.68. The van der Waals surface area contributed by atoms with Gasteiger partial charge in [0.15, 0.2) is 0 Å². The molecule has 0 saturated heterocycles. The predicted octanol–water partition coefficient (Wildman–Crippen LogP) is 2.30. The zero-order chi connectivity index (χ0) is 10.7. The van der Waals surface area contributed by atoms with Crippen LogP contribution < -0.4 is 10.6 Å². The molecule has 78 valence electrons. The molecule has 0 radical (unpaired) electrons. The minimum absolute atomic E-state index is 0.496. The number of allylic oxidation sites excluding steroid dienone is 1. The Balaban J connectivity index is 2.11. The Hall–Kier alpha value is -1.77. The highest BCUT2D eigenvalue weighted by atomic mass is 16.5. The van der Waals surface area contributed by atoms with E-state index in [1.54, 1.807) is 0 Å². The lowest BCUT2D eigenvalue weighted by Gasteiger charge is -2.23. The molecule has 0 unspecified atom stereocenters. The highest BCUT2D eigenvalue weighted by molar-refractivity contribution is 5.96. The van der Waals surface area contributed by atoms with Crippen molar-refractivity contribution in [2.24, 2.45) is 16.9 Å². The van der Waals surface area contributed by atoms with Gasteiger partial charge in [-0.25, -0.2) is 0 Å². The van der Waals surface area contributed by atoms with Gasteiger partial charge in [0.25, 0.3) is 0 Å². The van der Waals surface area contributed by atoms with Gasteiger partial charge in [0.05, 0.1) is 0 Å². The molecule has 2 N–H and O–H groups in total. The summed E-state index contributed by atoms with van der Waals surface area (Å²) in [7, 11) is 0. The van der Waals surface area contributed by atoms with Crippen LogP contribution in [0.5, 0.6) is 5.75 Å². The summed E-state index contributed by atoms with van der Waals surface area (Å²) in [6, 6.07) is 9.55. The van der Waals surface area contributed by atoms with Crippen molar-refractivity contribution in [2.75, 3.05) is 0 Å². The molecule has 3 heteroatoms. The largest absolute Gasteiger partial charge is 0.437 e. The van der Waals surface area contributed by atoms with Crippen molar-refractivity contribution in [2.45, 2.75) is 13.3 Å². The maximum absolute atomic E-state index is 5.59. The van der Waals surface area contributed by atoms with Gasteiger partial charge in [0.2, 0.25) is 5.90 Å². The van der Waals surface area contributed by atoms with Crippen LogP contribution in [0.1, 0.15) is 13.3 Å². The zero-order valence-electron chi connectivity index (χ0n) is 8.68. The molecule has 0 fully saturated rings. The third-order valence-electron chi connectivity index (χ3n) is 2.54. The van der Waals surface area contributed by atoms with E-state index in [9.17, 15) is 0 Å². The molecule has 0 saturated carbocycles. The van der Waals surface area contributed by atoms with Crippen LogP contribution in [0.2, 0.25) is 0 Å². The number of hydrogen-bond donors (Lipinski definition) is 1. The summed E-state index contributed by atoms with van der Waals surface area (Å²) in [5, 5.41) is 3.68. The monoisotopic (exact) mass is 202 g/mol. The number of nitrogens with two attached hydrogens (primary N) is 1. The second-order valence-electron chi connectivity index (χ2n) is 3.65. The average Bonchev–Trinajstić information content (AvgIpc) is 2.27. The van der Waals surface area contributed by atoms with Gasteiger partial charge in [0, 0.05) is 5.57 Å². The molecule has 2 rings (SSSR count). The van der Waals surface area contributed by atoms with Gasteiger partial charge < -0.3 is 10.6 Å². The van der Waals surface area contributed by atoms with Gasteiger partial charge >= 0.3 is 0 Å². The van der Waals surface area contributed by atoms with Gasteiger partial charge in [-0.2, -0.15) is 0 Å². The molecular formula is C12H14N2O. The lowest BCUT2D eigenvalue weighted by Crippen LogP contribution is -2.23. The van der Waals surface area contributed by atoms with Gasteiger partial charge in [-0.3, -0.25) is 0 Å². The van der Waals surface area contributed by atoms with E-state index in [1.165, 1.54) is 0 Å². The van der Waals surface area contributed by atoms with Crippen LogP contribution in [-0.2, 0) is 0 Å². The molecule has 1 aromatic rings. The van der Waals surface area contributed by atoms with E-state index in [1.807, 2.05) is 30.3 Å². The average molecular weight is 202 g/mol. The van der Waals surface area contributed by atoms with Gasteiger partial charge in [-0.1, -0.05) is 31.2 Å². The minimum Gasteiger partial charge on any atom is -0.437 e. The van der Waals surface area contributed by atoms with E-state index in [0.29, 0.717) is 11.8 Å². The number of para-hydroxylation sites is 1. The first-order valence-corrected chi connectivity index (χ1v) is 5.02. The first kappa shape index (κ1) is 9.77. The second-order valence-corrected chi connectivity index (χ2v) is 3.65. The fraction of sp³-hybridized carbons (Fsp3) is 0.250. The normalized spacial score (nSPS) is 20.5. The van der Waals surface area contributed by atoms with Crippen molar-refractivity contribution in [3.05, 3.63) is 42.0 Å². The maximum Gasteiger partial charge on any atom is 0.238 e. The molecule has 0 bridgehead atoms. The lowest BCUT2D eigenvalue weighted by molar-refractivity contribution is 0.520. The number of rotatable bonds is 2. The van der Waals surface area contributed by atoms with Crippen molar-refractivity contribution in [1.82, 2.24) is 0 Å². The molecule has 1 aliphatic rings. The molecule has 15 heavy (non-hydrogen) atoms. The Labute approximate surface area is 89.2 Å². The summed E-state index contributed by atoms with van der Waals surface area (Å²) in [4.78, 5) is 0. The molecule has 1 aromatic carbocycles. The summed E-state index contributed by atoms with van der Waals surface area (Å²) >= 11 is 0. The Morgan fingerprint density at radius 2 is 2.13 bits per heavy atom. The number of nitrogens with zero attached hydrogens (tertiary/aromatic N) is 1. The molecule has 0 aromatic heterocycles. The van der Waals surface area contributed by atoms with Crippen LogP contribution in [0.15, 0.2) is 47.1 Å². The molecule has 0 heterocycles. The number of hydrazone groups is 1. The summed E-state index contributed by atoms with van der Waals surface area (Å²) < 4.78 is 5.59. The van der Waals surface area contributed by atoms with E-state index >= 15 is 0 Å². The summed E-state index contributed by atoms with van der Waals surface area (Å²) in [5.74, 6) is 7.10. The number of hydrogen-bond acceptors (Lipinski definition) is 3. The molecule has 0 amide bonds. The van der Waals surface area contributed by atoms with Gasteiger partial charge in [-0.05, 0) is 24.5 Å². The van der Waals surface area contributed by atoms with Crippen molar-refractivity contribution in [1.29, 1.82) is 0 Å². The SMILES string of the molecule is C[C@@H]1CC=C1/C(=N\N)Oc1ccccc1. The van der Waals surface area contributed by atoms with Crippen molar-refractivity contribution < 1.29 is 4.74 Å². The molecule has 1 atom stereocenters. The van der Waals surface area contributed by atoms with E-state index in [0.717, 1.165) is 17.7 Å². The highest BCUT2D eigenvalue weighted by Crippen LogP contribution is 2.28. The van der Waals surface area contributed by atoms with Gasteiger partial charge in [-0.15, -0.1) is 5.10 Å². The smallest absolute Gasteiger partial charge is 0.238 e. The Kier molecular flexibility index (Phi) is 2.72. The number of ether oxygens (including phenoxy) is 1. The predicted molar refractivity (Wildman–Crippen MR) is 60.6 cm³/mol. The van der Waals surface area contributed by atoms with Crippen LogP contribution in [0, 0.1) is 5.92 Å². The van der Waals surface area contributed by atoms with Crippen LogP contribution in [-0.4, -0.2) is 5.90 Å². The van der Waals surface area contributed by atoms with Gasteiger partial charge in [0.1, 0.15) is 5.75 Å². The van der Waals surface area contributed by atoms with E-state index in [4.69, 9.17) is 10.6 Å². The van der Waals surface area contributed by atoms with Crippen molar-refractivity contribution >= 4 is 5.90 Å². The minimum atomic E-state index is 0.496. The second kappa shape index (κ2) is 4.17. The molecule has 0 spiro atoms. The quantitative estimate of drug-likeness (QED) is 0.346. The number of benzene rings is 1. The summed E-state index contributed by atoms with van der Waals surface area (Å²) in [6.07, 6.45) is 3.17. The highest BCUT2D eigenvalue weighted by Gasteiger charge is 2.23. The maximum atomic E-state index is 5.59. The van der Waals surface area contributed by atoms with Crippen LogP contribution in [0.3, 0.4) is 0 Å². The summed E-state index contributed by atoms with van der Waals surface area (Å²) in [5.41, 5.74) is 1.10. The van der Waals surface area contributed by atoms with Crippen LogP contribution in [0.25, 0.3) is 0 Å². The fourth-order valence-corrected chi connectivity index (χ4v) is 1.53. The van der Waals surface area contributed by atoms with Crippen LogP contribution >= 0.6 is 0 Å². The fourth-order valence-electron chi connectivity index (χ4n) is 1.53. The van der Waals surface area contributed by atoms with E-state index < -0.39 is 0 Å². The molecule has 3 nitrogen and oxygen atoms in total. The van der Waals surface area contributed by atoms with Crippen molar-refractivity contribution in [3.63, 3.8) is 0 Å². The van der Waals surface area contributed by atoms with E-state index in [-0.39, 0.29) is 0 Å². The first-order chi connectivity index (χ1) is 7.31.